The molecule has 2 aliphatic rings. The summed E-state index contributed by atoms with van der Waals surface area (Å²) in [6.07, 6.45) is 5.17. The number of amides is 1. The minimum Gasteiger partial charge on any atom is -0.345 e. The van der Waals surface area contributed by atoms with E-state index in [0.29, 0.717) is 6.42 Å². The monoisotopic (exact) mass is 195 g/mol. The summed E-state index contributed by atoms with van der Waals surface area (Å²) in [5.41, 5.74) is -0.606. The molecule has 0 radical (unpaired) electrons. The van der Waals surface area contributed by atoms with Crippen molar-refractivity contribution >= 4 is 11.7 Å². The third-order valence-electron chi connectivity index (χ3n) is 3.64. The molecule has 1 amide bonds. The van der Waals surface area contributed by atoms with E-state index in [9.17, 15) is 9.59 Å². The van der Waals surface area contributed by atoms with E-state index in [-0.39, 0.29) is 11.7 Å². The van der Waals surface area contributed by atoms with E-state index in [1.54, 1.807) is 4.90 Å². The Labute approximate surface area is 84.5 Å². The molecule has 1 aliphatic carbocycles. The number of hydrogen-bond donors (Lipinski definition) is 0. The largest absolute Gasteiger partial charge is 0.345 e. The summed E-state index contributed by atoms with van der Waals surface area (Å²) in [6.45, 7) is 0.813. The standard InChI is InChI=1S/C11H17NO2/c1-12-8-4-7-11(10(12)14)6-3-2-5-9(11)13/h2-8H2,1H3. The molecule has 0 aromatic heterocycles. The first-order chi connectivity index (χ1) is 6.67. The van der Waals surface area contributed by atoms with Crippen molar-refractivity contribution in [2.24, 2.45) is 5.41 Å². The van der Waals surface area contributed by atoms with Gasteiger partial charge in [-0.2, -0.15) is 0 Å². The predicted molar refractivity (Wildman–Crippen MR) is 52.8 cm³/mol. The SMILES string of the molecule is CN1CCCC2(CCCCC2=O)C1=O. The number of carbonyl (C=O) groups excluding carboxylic acids is 2. The van der Waals surface area contributed by atoms with Crippen LogP contribution in [0.1, 0.15) is 38.5 Å². The Balaban J connectivity index is 2.27. The molecule has 1 aliphatic heterocycles. The molecule has 1 spiro atoms. The average Bonchev–Trinajstić information content (AvgIpc) is 2.18. The van der Waals surface area contributed by atoms with Gasteiger partial charge in [-0.3, -0.25) is 9.59 Å². The zero-order valence-corrected chi connectivity index (χ0v) is 8.71. The van der Waals surface area contributed by atoms with Gasteiger partial charge in [-0.1, -0.05) is 6.42 Å². The van der Waals surface area contributed by atoms with E-state index < -0.39 is 5.41 Å². The van der Waals surface area contributed by atoms with E-state index in [1.807, 2.05) is 7.05 Å². The van der Waals surface area contributed by atoms with Gasteiger partial charge in [0.15, 0.2) is 0 Å². The zero-order chi connectivity index (χ0) is 10.2. The molecule has 1 saturated carbocycles. The number of hydrogen-bond acceptors (Lipinski definition) is 2. The predicted octanol–water partition coefficient (Wildman–Crippen LogP) is 1.37. The molecule has 14 heavy (non-hydrogen) atoms. The highest BCUT2D eigenvalue weighted by Gasteiger charge is 2.49. The third kappa shape index (κ3) is 1.26. The fourth-order valence-electron chi connectivity index (χ4n) is 2.77. The van der Waals surface area contributed by atoms with Gasteiger partial charge < -0.3 is 4.90 Å². The van der Waals surface area contributed by atoms with Crippen LogP contribution in [0.4, 0.5) is 0 Å². The molecule has 78 valence electrons. The number of nitrogens with zero attached hydrogens (tertiary/aromatic N) is 1. The highest BCUT2D eigenvalue weighted by molar-refractivity contribution is 6.06. The van der Waals surface area contributed by atoms with Crippen molar-refractivity contribution in [2.75, 3.05) is 13.6 Å². The van der Waals surface area contributed by atoms with Gasteiger partial charge in [-0.05, 0) is 25.7 Å². The fourth-order valence-corrected chi connectivity index (χ4v) is 2.77. The smallest absolute Gasteiger partial charge is 0.236 e. The maximum absolute atomic E-state index is 12.0. The summed E-state index contributed by atoms with van der Waals surface area (Å²) in [6, 6.07) is 0. The molecule has 1 heterocycles. The molecule has 1 unspecified atom stereocenters. The van der Waals surface area contributed by atoms with E-state index in [4.69, 9.17) is 0 Å². The van der Waals surface area contributed by atoms with Crippen molar-refractivity contribution in [3.63, 3.8) is 0 Å². The van der Waals surface area contributed by atoms with Crippen LogP contribution >= 0.6 is 0 Å². The number of piperidine rings is 1. The molecule has 0 N–H and O–H groups in total. The summed E-state index contributed by atoms with van der Waals surface area (Å²) in [5, 5.41) is 0. The molecule has 3 heteroatoms. The van der Waals surface area contributed by atoms with Crippen molar-refractivity contribution in [1.29, 1.82) is 0 Å². The quantitative estimate of drug-likeness (QED) is 0.547. The molecule has 0 bridgehead atoms. The van der Waals surface area contributed by atoms with Crippen molar-refractivity contribution in [2.45, 2.75) is 38.5 Å². The van der Waals surface area contributed by atoms with E-state index in [0.717, 1.165) is 38.6 Å². The zero-order valence-electron chi connectivity index (χ0n) is 8.71. The van der Waals surface area contributed by atoms with Gasteiger partial charge >= 0.3 is 0 Å². The Morgan fingerprint density at radius 2 is 1.86 bits per heavy atom. The fraction of sp³-hybridized carbons (Fsp3) is 0.818. The van der Waals surface area contributed by atoms with Crippen LogP contribution in [-0.4, -0.2) is 30.2 Å². The maximum atomic E-state index is 12.0. The topological polar surface area (TPSA) is 37.4 Å². The number of Topliss-reactive ketones (excluding diaryl/α,β-unsaturated/α-hetero) is 1. The van der Waals surface area contributed by atoms with Crippen molar-refractivity contribution in [1.82, 2.24) is 4.90 Å². The normalized spacial score (nSPS) is 33.9. The Kier molecular flexibility index (Phi) is 2.33. The van der Waals surface area contributed by atoms with Gasteiger partial charge in [0, 0.05) is 20.0 Å². The van der Waals surface area contributed by atoms with Crippen LogP contribution in [0.3, 0.4) is 0 Å². The number of carbonyl (C=O) groups is 2. The minimum absolute atomic E-state index is 0.0773. The summed E-state index contributed by atoms with van der Waals surface area (Å²) in [7, 11) is 1.81. The van der Waals surface area contributed by atoms with Crippen LogP contribution in [0.25, 0.3) is 0 Å². The van der Waals surface area contributed by atoms with Crippen molar-refractivity contribution < 1.29 is 9.59 Å². The second kappa shape index (κ2) is 3.37. The van der Waals surface area contributed by atoms with Gasteiger partial charge in [0.2, 0.25) is 5.91 Å². The number of likely N-dealkylation sites (tertiary alicyclic amines) is 1. The Hall–Kier alpha value is -0.860. The first-order valence-electron chi connectivity index (χ1n) is 5.46. The lowest BCUT2D eigenvalue weighted by Crippen LogP contribution is -2.52. The molecular formula is C11H17NO2. The first-order valence-corrected chi connectivity index (χ1v) is 5.46. The van der Waals surface area contributed by atoms with Crippen molar-refractivity contribution in [3.8, 4) is 0 Å². The second-order valence-electron chi connectivity index (χ2n) is 4.54. The van der Waals surface area contributed by atoms with E-state index in [1.165, 1.54) is 0 Å². The number of rotatable bonds is 0. The van der Waals surface area contributed by atoms with Gasteiger partial charge in [0.1, 0.15) is 11.2 Å². The van der Waals surface area contributed by atoms with Gasteiger partial charge in [-0.25, -0.2) is 0 Å². The lowest BCUT2D eigenvalue weighted by atomic mass is 9.68. The van der Waals surface area contributed by atoms with Gasteiger partial charge in [-0.15, -0.1) is 0 Å². The molecule has 2 rings (SSSR count). The molecule has 1 atom stereocenters. The Bertz CT molecular complexity index is 270. The van der Waals surface area contributed by atoms with Crippen molar-refractivity contribution in [3.05, 3.63) is 0 Å². The Morgan fingerprint density at radius 3 is 2.57 bits per heavy atom. The number of ketones is 1. The highest BCUT2D eigenvalue weighted by atomic mass is 16.2. The lowest BCUT2D eigenvalue weighted by Gasteiger charge is -2.41. The summed E-state index contributed by atoms with van der Waals surface area (Å²) < 4.78 is 0. The van der Waals surface area contributed by atoms with Crippen LogP contribution in [0, 0.1) is 5.41 Å². The summed E-state index contributed by atoms with van der Waals surface area (Å²) in [4.78, 5) is 25.6. The van der Waals surface area contributed by atoms with E-state index in [2.05, 4.69) is 0 Å². The third-order valence-corrected chi connectivity index (χ3v) is 3.64. The molecule has 3 nitrogen and oxygen atoms in total. The Morgan fingerprint density at radius 1 is 1.14 bits per heavy atom. The molecule has 2 fully saturated rings. The molecule has 1 saturated heterocycles. The molecular weight excluding hydrogens is 178 g/mol. The molecule has 0 aromatic carbocycles. The first kappa shape index (κ1) is 9.69. The van der Waals surface area contributed by atoms with Crippen LogP contribution in [0.5, 0.6) is 0 Å². The maximum Gasteiger partial charge on any atom is 0.236 e. The lowest BCUT2D eigenvalue weighted by molar-refractivity contribution is -0.155. The summed E-state index contributed by atoms with van der Waals surface area (Å²) in [5.74, 6) is 0.272. The highest BCUT2D eigenvalue weighted by Crippen LogP contribution is 2.41. The van der Waals surface area contributed by atoms with Crippen LogP contribution in [-0.2, 0) is 9.59 Å². The minimum atomic E-state index is -0.606. The van der Waals surface area contributed by atoms with Gasteiger partial charge in [0.05, 0.1) is 0 Å². The average molecular weight is 195 g/mol. The van der Waals surface area contributed by atoms with Crippen LogP contribution in [0.15, 0.2) is 0 Å². The summed E-state index contributed by atoms with van der Waals surface area (Å²) >= 11 is 0. The van der Waals surface area contributed by atoms with E-state index >= 15 is 0 Å². The molecule has 0 aromatic rings. The van der Waals surface area contributed by atoms with Gasteiger partial charge in [0.25, 0.3) is 0 Å². The van der Waals surface area contributed by atoms with Crippen LogP contribution in [0.2, 0.25) is 0 Å². The second-order valence-corrected chi connectivity index (χ2v) is 4.54. The van der Waals surface area contributed by atoms with Crippen LogP contribution < -0.4 is 0 Å².